The van der Waals surface area contributed by atoms with Crippen LogP contribution in [0.3, 0.4) is 0 Å². The van der Waals surface area contributed by atoms with Crippen LogP contribution in [0.5, 0.6) is 0 Å². The van der Waals surface area contributed by atoms with Crippen LogP contribution in [-0.2, 0) is 14.4 Å². The summed E-state index contributed by atoms with van der Waals surface area (Å²) in [5.41, 5.74) is 0. The molecule has 0 aliphatic heterocycles. The van der Waals surface area contributed by atoms with Gasteiger partial charge in [0.25, 0.3) is 0 Å². The van der Waals surface area contributed by atoms with Crippen molar-refractivity contribution in [2.45, 2.75) is 353 Å². The number of aliphatic hydroxyl groups excluding tert-OH is 6. The number of carbonyl (C=O) groups is 3. The molecule has 0 aromatic rings. The summed E-state index contributed by atoms with van der Waals surface area (Å²) >= 11 is 0. The Morgan fingerprint density at radius 1 is 0.250 bits per heavy atom. The first-order valence-corrected chi connectivity index (χ1v) is 30.4. The fourth-order valence-electron chi connectivity index (χ4n) is 8.61. The Hall–Kier alpha value is -1.83. The molecule has 0 aliphatic rings. The molecule has 0 heterocycles. The van der Waals surface area contributed by atoms with Crippen LogP contribution in [0.25, 0.3) is 0 Å². The summed E-state index contributed by atoms with van der Waals surface area (Å²) in [6.45, 7) is 5.36. The minimum absolute atomic E-state index is 0.345. The van der Waals surface area contributed by atoms with E-state index in [1.807, 2.05) is 0 Å². The molecule has 0 unspecified atom stereocenters. The van der Waals surface area contributed by atoms with E-state index in [0.717, 1.165) is 38.5 Å². The molecular formula is C60H122O12. The summed E-state index contributed by atoms with van der Waals surface area (Å²) in [5, 5.41) is 77.7. The molecule has 0 bridgehead atoms. The lowest BCUT2D eigenvalue weighted by atomic mass is 10.0. The minimum atomic E-state index is -1.67. The summed E-state index contributed by atoms with van der Waals surface area (Å²) in [4.78, 5) is 31.0. The number of rotatable bonds is 53. The number of carboxylic acids is 3. The normalized spacial score (nSPS) is 12.6. The smallest absolute Gasteiger partial charge is 0.303 e. The van der Waals surface area contributed by atoms with Gasteiger partial charge in [-0.3, -0.25) is 14.4 Å². The van der Waals surface area contributed by atoms with Gasteiger partial charge in [0.15, 0.2) is 0 Å². The third-order valence-electron chi connectivity index (χ3n) is 13.5. The Morgan fingerprint density at radius 2 is 0.375 bits per heavy atom. The number of hydrogen-bond donors (Lipinski definition) is 9. The first-order chi connectivity index (χ1) is 34.9. The molecule has 12 heteroatoms. The Kier molecular flexibility index (Phi) is 71.5. The Balaban J connectivity index is -0.000000435. The SMILES string of the molecule is CCCCCCCCCCCCCCCCCC(=O)O.CCCCCCCCCCCCCCCCCC(=O)O.CCCCCCCCCCCCCCCCCC(=O)O.OC[C@@H](O)[C@@H](O)[C@H](O)[C@@H](O)CO. The highest BCUT2D eigenvalue weighted by atomic mass is 16.4. The van der Waals surface area contributed by atoms with E-state index in [1.54, 1.807) is 0 Å². The minimum Gasteiger partial charge on any atom is -0.481 e. The molecule has 0 aromatic heterocycles. The predicted octanol–water partition coefficient (Wildman–Crippen LogP) is 15.4. The molecule has 72 heavy (non-hydrogen) atoms. The van der Waals surface area contributed by atoms with Gasteiger partial charge in [0.05, 0.1) is 13.2 Å². The van der Waals surface area contributed by atoms with Gasteiger partial charge in [0.1, 0.15) is 24.4 Å². The second-order valence-electron chi connectivity index (χ2n) is 20.8. The van der Waals surface area contributed by atoms with Crippen molar-refractivity contribution in [3.63, 3.8) is 0 Å². The van der Waals surface area contributed by atoms with Crippen LogP contribution in [0.4, 0.5) is 0 Å². The Labute approximate surface area is 443 Å². The lowest BCUT2D eigenvalue weighted by Gasteiger charge is -2.24. The van der Waals surface area contributed by atoms with Crippen molar-refractivity contribution in [3.8, 4) is 0 Å². The van der Waals surface area contributed by atoms with Gasteiger partial charge in [0.2, 0.25) is 0 Å². The van der Waals surface area contributed by atoms with E-state index in [-0.39, 0.29) is 0 Å². The van der Waals surface area contributed by atoms with Crippen molar-refractivity contribution in [2.75, 3.05) is 13.2 Å². The van der Waals surface area contributed by atoms with Crippen molar-refractivity contribution >= 4 is 17.9 Å². The van der Waals surface area contributed by atoms with E-state index in [1.165, 1.54) is 250 Å². The first kappa shape index (κ1) is 76.7. The molecule has 0 saturated heterocycles. The van der Waals surface area contributed by atoms with Gasteiger partial charge in [-0.2, -0.15) is 0 Å². The Bertz CT molecular complexity index is 928. The molecule has 9 N–H and O–H groups in total. The summed E-state index contributed by atoms with van der Waals surface area (Å²) in [6.07, 6.45) is 54.2. The average molecular weight is 1040 g/mol. The maximum atomic E-state index is 10.3. The molecule has 0 spiro atoms. The number of hydrogen-bond acceptors (Lipinski definition) is 9. The largest absolute Gasteiger partial charge is 0.481 e. The van der Waals surface area contributed by atoms with Crippen LogP contribution in [0.2, 0.25) is 0 Å². The topological polar surface area (TPSA) is 233 Å². The molecule has 0 radical (unpaired) electrons. The van der Waals surface area contributed by atoms with Gasteiger partial charge in [-0.15, -0.1) is 0 Å². The zero-order chi connectivity index (χ0) is 54.4. The molecule has 0 aliphatic carbocycles. The standard InChI is InChI=1S/3C18H36O2.C6H14O6/c3*1-2-3-4-5-6-7-8-9-10-11-12-13-14-15-16-17-18(19)20;7-1-3(9)5(11)6(12)4(10)2-8/h3*2-17H2,1H3,(H,19,20);3-12H,1-2H2/t;;;3-,4+,5-,6-/m...1/s1. The molecule has 0 rings (SSSR count). The monoisotopic (exact) mass is 1030 g/mol. The second-order valence-corrected chi connectivity index (χ2v) is 20.8. The first-order valence-electron chi connectivity index (χ1n) is 30.4. The lowest BCUT2D eigenvalue weighted by Crippen LogP contribution is -2.46. The highest BCUT2D eigenvalue weighted by Crippen LogP contribution is 2.17. The van der Waals surface area contributed by atoms with E-state index in [4.69, 9.17) is 46.0 Å². The number of carboxylic acid groups (broad SMARTS) is 3. The molecule has 434 valence electrons. The van der Waals surface area contributed by atoms with Crippen LogP contribution in [0.15, 0.2) is 0 Å². The van der Waals surface area contributed by atoms with Gasteiger partial charge >= 0.3 is 17.9 Å². The molecule has 0 aromatic carbocycles. The maximum Gasteiger partial charge on any atom is 0.303 e. The maximum absolute atomic E-state index is 10.3. The lowest BCUT2D eigenvalue weighted by molar-refractivity contribution is -0.138. The van der Waals surface area contributed by atoms with Gasteiger partial charge < -0.3 is 46.0 Å². The van der Waals surface area contributed by atoms with E-state index in [9.17, 15) is 14.4 Å². The third-order valence-corrected chi connectivity index (χ3v) is 13.5. The van der Waals surface area contributed by atoms with Crippen LogP contribution in [0, 0.1) is 0 Å². The molecule has 0 saturated carbocycles. The highest BCUT2D eigenvalue weighted by Gasteiger charge is 2.29. The van der Waals surface area contributed by atoms with Crippen LogP contribution < -0.4 is 0 Å². The molecule has 0 amide bonds. The van der Waals surface area contributed by atoms with Gasteiger partial charge in [-0.1, -0.05) is 290 Å². The van der Waals surface area contributed by atoms with Crippen molar-refractivity contribution in [1.82, 2.24) is 0 Å². The summed E-state index contributed by atoms with van der Waals surface area (Å²) in [5.74, 6) is -1.96. The zero-order valence-corrected chi connectivity index (χ0v) is 47.4. The Morgan fingerprint density at radius 3 is 0.486 bits per heavy atom. The summed E-state index contributed by atoms with van der Waals surface area (Å²) in [6, 6.07) is 0. The average Bonchev–Trinajstić information content (AvgIpc) is 3.36. The van der Waals surface area contributed by atoms with Crippen LogP contribution in [-0.4, -0.2) is 101 Å². The zero-order valence-electron chi connectivity index (χ0n) is 47.4. The molecule has 4 atom stereocenters. The summed E-state index contributed by atoms with van der Waals surface area (Å²) < 4.78 is 0. The van der Waals surface area contributed by atoms with Crippen molar-refractivity contribution < 1.29 is 60.3 Å². The van der Waals surface area contributed by atoms with Crippen molar-refractivity contribution in [2.24, 2.45) is 0 Å². The number of aliphatic hydroxyl groups is 6. The number of unbranched alkanes of at least 4 members (excludes halogenated alkanes) is 42. The summed E-state index contributed by atoms with van der Waals surface area (Å²) in [7, 11) is 0. The van der Waals surface area contributed by atoms with Gasteiger partial charge in [0, 0.05) is 19.3 Å². The van der Waals surface area contributed by atoms with Crippen LogP contribution in [0.1, 0.15) is 329 Å². The molecule has 12 nitrogen and oxygen atoms in total. The van der Waals surface area contributed by atoms with Gasteiger partial charge in [-0.05, 0) is 19.3 Å². The molecule has 0 fully saturated rings. The van der Waals surface area contributed by atoms with Crippen molar-refractivity contribution in [1.29, 1.82) is 0 Å². The van der Waals surface area contributed by atoms with E-state index < -0.39 is 55.5 Å². The van der Waals surface area contributed by atoms with E-state index in [2.05, 4.69) is 20.8 Å². The second kappa shape index (κ2) is 67.2. The van der Waals surface area contributed by atoms with Crippen LogP contribution >= 0.6 is 0 Å². The molecular weight excluding hydrogens is 913 g/mol. The third kappa shape index (κ3) is 72.4. The predicted molar refractivity (Wildman–Crippen MR) is 300 cm³/mol. The number of aliphatic carboxylic acids is 3. The van der Waals surface area contributed by atoms with Gasteiger partial charge in [-0.25, -0.2) is 0 Å². The van der Waals surface area contributed by atoms with Crippen molar-refractivity contribution in [3.05, 3.63) is 0 Å². The van der Waals surface area contributed by atoms with E-state index >= 15 is 0 Å². The van der Waals surface area contributed by atoms with E-state index in [0.29, 0.717) is 19.3 Å². The fourth-order valence-corrected chi connectivity index (χ4v) is 8.61. The quantitative estimate of drug-likeness (QED) is 0.0259. The highest BCUT2D eigenvalue weighted by molar-refractivity contribution is 5.67. The fraction of sp³-hybridized carbons (Fsp3) is 0.950.